The van der Waals surface area contributed by atoms with Gasteiger partial charge in [0.15, 0.2) is 0 Å². The van der Waals surface area contributed by atoms with Gasteiger partial charge in [0.25, 0.3) is 0 Å². The molecule has 0 aliphatic heterocycles. The molecule has 0 saturated carbocycles. The molecule has 2 aromatic rings. The molecule has 0 bridgehead atoms. The van der Waals surface area contributed by atoms with Gasteiger partial charge < -0.3 is 10.1 Å². The summed E-state index contributed by atoms with van der Waals surface area (Å²) in [6.45, 7) is 7.03. The molecule has 1 aromatic carbocycles. The second kappa shape index (κ2) is 8.06. The Morgan fingerprint density at radius 1 is 1.29 bits per heavy atom. The highest BCUT2D eigenvalue weighted by atomic mass is 32.2. The fourth-order valence-electron chi connectivity index (χ4n) is 2.23. The van der Waals surface area contributed by atoms with Crippen LogP contribution in [0.5, 0.6) is 0 Å². The Morgan fingerprint density at radius 3 is 2.71 bits per heavy atom. The van der Waals surface area contributed by atoms with Crippen LogP contribution in [0.3, 0.4) is 0 Å². The average molecular weight is 370 g/mol. The van der Waals surface area contributed by atoms with Crippen molar-refractivity contribution < 1.29 is 17.9 Å². The second-order valence-corrected chi connectivity index (χ2v) is 8.19. The van der Waals surface area contributed by atoms with Gasteiger partial charge in [-0.3, -0.25) is 0 Å². The largest absolute Gasteiger partial charge is 0.462 e. The zero-order valence-electron chi connectivity index (χ0n) is 14.0. The summed E-state index contributed by atoms with van der Waals surface area (Å²) in [5.41, 5.74) is 0. The Labute approximate surface area is 146 Å². The minimum atomic E-state index is -3.59. The fourth-order valence-corrected chi connectivity index (χ4v) is 4.33. The van der Waals surface area contributed by atoms with E-state index in [9.17, 15) is 13.2 Å². The Bertz CT molecular complexity index is 815. The predicted octanol–water partition coefficient (Wildman–Crippen LogP) is 2.35. The van der Waals surface area contributed by atoms with Gasteiger partial charge in [-0.1, -0.05) is 6.92 Å². The van der Waals surface area contributed by atoms with E-state index in [1.54, 1.807) is 31.2 Å². The van der Waals surface area contributed by atoms with Gasteiger partial charge in [-0.25, -0.2) is 17.9 Å². The van der Waals surface area contributed by atoms with Crippen LogP contribution in [0.4, 0.5) is 0 Å². The molecular weight excluding hydrogens is 348 g/mol. The number of rotatable bonds is 8. The molecule has 0 amide bonds. The number of carbonyl (C=O) groups excluding carboxylic acids is 1. The Kier molecular flexibility index (Phi) is 6.34. The summed E-state index contributed by atoms with van der Waals surface area (Å²) in [5.74, 6) is -0.388. The molecule has 24 heavy (non-hydrogen) atoms. The van der Waals surface area contributed by atoms with E-state index in [1.807, 2.05) is 13.8 Å². The third kappa shape index (κ3) is 4.54. The number of carbonyl (C=O) groups is 1. The van der Waals surface area contributed by atoms with Crippen molar-refractivity contribution in [3.63, 3.8) is 0 Å². The molecule has 0 radical (unpaired) electrons. The van der Waals surface area contributed by atoms with Crippen molar-refractivity contribution in [2.75, 3.05) is 19.7 Å². The molecule has 0 saturated heterocycles. The monoisotopic (exact) mass is 370 g/mol. The second-order valence-electron chi connectivity index (χ2n) is 5.34. The average Bonchev–Trinajstić information content (AvgIpc) is 2.97. The lowest BCUT2D eigenvalue weighted by molar-refractivity contribution is 0.0532. The highest BCUT2D eigenvalue weighted by Crippen LogP contribution is 2.28. The van der Waals surface area contributed by atoms with Gasteiger partial charge in [0.05, 0.1) is 11.5 Å². The molecule has 0 aliphatic carbocycles. The van der Waals surface area contributed by atoms with Crippen molar-refractivity contribution >= 4 is 37.4 Å². The first-order valence-electron chi connectivity index (χ1n) is 7.81. The number of fused-ring (bicyclic) bond motifs is 1. The van der Waals surface area contributed by atoms with Crippen molar-refractivity contribution in [2.24, 2.45) is 0 Å². The maximum Gasteiger partial charge on any atom is 0.348 e. The third-order valence-corrected chi connectivity index (χ3v) is 5.92. The van der Waals surface area contributed by atoms with Crippen LogP contribution in [0.25, 0.3) is 10.1 Å². The number of sulfonamides is 1. The van der Waals surface area contributed by atoms with Crippen LogP contribution < -0.4 is 10.0 Å². The SMILES string of the molecule is CCN[C@H](C)CNS(=O)(=O)c1ccc2sc(C(=O)OCC)cc2c1. The minimum absolute atomic E-state index is 0.0464. The first-order valence-corrected chi connectivity index (χ1v) is 10.1. The van der Waals surface area contributed by atoms with E-state index in [0.29, 0.717) is 23.4 Å². The molecule has 0 spiro atoms. The number of esters is 1. The van der Waals surface area contributed by atoms with Crippen molar-refractivity contribution in [3.8, 4) is 0 Å². The van der Waals surface area contributed by atoms with Crippen LogP contribution >= 0.6 is 11.3 Å². The van der Waals surface area contributed by atoms with E-state index in [-0.39, 0.29) is 16.9 Å². The van der Waals surface area contributed by atoms with Crippen LogP contribution in [0.2, 0.25) is 0 Å². The van der Waals surface area contributed by atoms with Gasteiger partial charge in [-0.2, -0.15) is 0 Å². The van der Waals surface area contributed by atoms with Crippen LogP contribution in [0.15, 0.2) is 29.2 Å². The smallest absolute Gasteiger partial charge is 0.348 e. The van der Waals surface area contributed by atoms with Crippen LogP contribution in [-0.2, 0) is 14.8 Å². The standard InChI is InChI=1S/C16H22N2O4S2/c1-4-17-11(3)10-18-24(20,21)13-6-7-14-12(8-13)9-15(23-14)16(19)22-5-2/h6-9,11,17-18H,4-5,10H2,1-3H3/t11-/m1/s1. The van der Waals surface area contributed by atoms with Crippen molar-refractivity contribution in [1.29, 1.82) is 0 Å². The molecular formula is C16H22N2O4S2. The summed E-state index contributed by atoms with van der Waals surface area (Å²) in [5, 5.41) is 3.86. The molecule has 2 N–H and O–H groups in total. The van der Waals surface area contributed by atoms with E-state index in [4.69, 9.17) is 4.74 Å². The van der Waals surface area contributed by atoms with Gasteiger partial charge in [-0.05, 0) is 50.0 Å². The van der Waals surface area contributed by atoms with Crippen LogP contribution in [-0.4, -0.2) is 40.1 Å². The lowest BCUT2D eigenvalue weighted by Crippen LogP contribution is -2.38. The van der Waals surface area contributed by atoms with E-state index < -0.39 is 10.0 Å². The zero-order valence-corrected chi connectivity index (χ0v) is 15.6. The highest BCUT2D eigenvalue weighted by Gasteiger charge is 2.17. The van der Waals surface area contributed by atoms with Crippen molar-refractivity contribution in [2.45, 2.75) is 31.7 Å². The van der Waals surface area contributed by atoms with E-state index in [2.05, 4.69) is 10.0 Å². The Morgan fingerprint density at radius 2 is 2.04 bits per heavy atom. The molecule has 1 atom stereocenters. The molecule has 6 nitrogen and oxygen atoms in total. The molecule has 1 aromatic heterocycles. The maximum atomic E-state index is 12.4. The molecule has 0 unspecified atom stereocenters. The number of benzene rings is 1. The summed E-state index contributed by atoms with van der Waals surface area (Å²) in [6.07, 6.45) is 0. The van der Waals surface area contributed by atoms with E-state index in [1.165, 1.54) is 11.3 Å². The van der Waals surface area contributed by atoms with Crippen molar-refractivity contribution in [3.05, 3.63) is 29.1 Å². The highest BCUT2D eigenvalue weighted by molar-refractivity contribution is 7.89. The summed E-state index contributed by atoms with van der Waals surface area (Å²) in [6, 6.07) is 6.55. The third-order valence-electron chi connectivity index (χ3n) is 3.41. The number of hydrogen-bond donors (Lipinski definition) is 2. The van der Waals surface area contributed by atoms with Crippen LogP contribution in [0.1, 0.15) is 30.4 Å². The zero-order chi connectivity index (χ0) is 17.7. The maximum absolute atomic E-state index is 12.4. The molecule has 132 valence electrons. The van der Waals surface area contributed by atoms with Gasteiger partial charge in [-0.15, -0.1) is 11.3 Å². The van der Waals surface area contributed by atoms with E-state index in [0.717, 1.165) is 11.2 Å². The quantitative estimate of drug-likeness (QED) is 0.697. The number of ether oxygens (including phenoxy) is 1. The number of likely N-dealkylation sites (N-methyl/N-ethyl adjacent to an activating group) is 1. The van der Waals surface area contributed by atoms with Gasteiger partial charge in [0.2, 0.25) is 10.0 Å². The van der Waals surface area contributed by atoms with Gasteiger partial charge in [0.1, 0.15) is 4.88 Å². The first kappa shape index (κ1) is 18.9. The minimum Gasteiger partial charge on any atom is -0.462 e. The summed E-state index contributed by atoms with van der Waals surface area (Å²) in [7, 11) is -3.59. The predicted molar refractivity (Wildman–Crippen MR) is 96.1 cm³/mol. The molecule has 8 heteroatoms. The summed E-state index contributed by atoms with van der Waals surface area (Å²) in [4.78, 5) is 12.4. The Balaban J connectivity index is 2.21. The van der Waals surface area contributed by atoms with Gasteiger partial charge in [0, 0.05) is 17.3 Å². The first-order chi connectivity index (χ1) is 11.4. The summed E-state index contributed by atoms with van der Waals surface area (Å²) >= 11 is 1.29. The van der Waals surface area contributed by atoms with Crippen LogP contribution in [0, 0.1) is 0 Å². The lowest BCUT2D eigenvalue weighted by Gasteiger charge is -2.13. The number of nitrogens with one attached hydrogen (secondary N) is 2. The molecule has 1 heterocycles. The molecule has 0 aliphatic rings. The molecule has 2 rings (SSSR count). The topological polar surface area (TPSA) is 84.5 Å². The number of thiophene rings is 1. The van der Waals surface area contributed by atoms with Crippen molar-refractivity contribution in [1.82, 2.24) is 10.0 Å². The normalized spacial score (nSPS) is 13.1. The summed E-state index contributed by atoms with van der Waals surface area (Å²) < 4.78 is 33.2. The van der Waals surface area contributed by atoms with Gasteiger partial charge >= 0.3 is 5.97 Å². The lowest BCUT2D eigenvalue weighted by atomic mass is 10.2. The molecule has 0 fully saturated rings. The van der Waals surface area contributed by atoms with E-state index >= 15 is 0 Å². The Hall–Kier alpha value is -1.48. The number of hydrogen-bond acceptors (Lipinski definition) is 6. The fraction of sp³-hybridized carbons (Fsp3) is 0.438.